The van der Waals surface area contributed by atoms with Crippen molar-refractivity contribution in [3.8, 4) is 0 Å². The zero-order valence-electron chi connectivity index (χ0n) is 6.43. The molecule has 4 N–H and O–H groups in total. The number of rotatable bonds is 3. The summed E-state index contributed by atoms with van der Waals surface area (Å²) in [7, 11) is -3.47. The van der Waals surface area contributed by atoms with E-state index in [9.17, 15) is 13.2 Å². The van der Waals surface area contributed by atoms with E-state index in [1.165, 1.54) is 4.90 Å². The van der Waals surface area contributed by atoms with Gasteiger partial charge in [0.05, 0.1) is 5.75 Å². The molecule has 0 aromatic heterocycles. The van der Waals surface area contributed by atoms with Gasteiger partial charge in [0.2, 0.25) is 15.9 Å². The van der Waals surface area contributed by atoms with Gasteiger partial charge in [-0.25, -0.2) is 13.6 Å². The number of sulfonamides is 1. The van der Waals surface area contributed by atoms with Crippen molar-refractivity contribution >= 4 is 15.9 Å². The summed E-state index contributed by atoms with van der Waals surface area (Å²) in [4.78, 5) is 12.2. The van der Waals surface area contributed by atoms with Crippen LogP contribution in [-0.4, -0.2) is 44.1 Å². The van der Waals surface area contributed by atoms with Gasteiger partial charge in [-0.3, -0.25) is 4.79 Å². The average Bonchev–Trinajstić information content (AvgIpc) is 1.95. The van der Waals surface area contributed by atoms with Crippen molar-refractivity contribution in [1.29, 1.82) is 0 Å². The fraction of sp³-hybridized carbons (Fsp3) is 0.800. The summed E-state index contributed by atoms with van der Waals surface area (Å²) < 4.78 is 20.9. The second-order valence-electron chi connectivity index (χ2n) is 2.76. The van der Waals surface area contributed by atoms with Gasteiger partial charge in [0, 0.05) is 13.1 Å². The number of hydrogen-bond acceptors (Lipinski definition) is 4. The molecule has 0 aromatic carbocycles. The van der Waals surface area contributed by atoms with Crippen molar-refractivity contribution in [2.45, 2.75) is 6.04 Å². The van der Waals surface area contributed by atoms with E-state index < -0.39 is 16.1 Å². The van der Waals surface area contributed by atoms with Crippen molar-refractivity contribution < 1.29 is 13.2 Å². The minimum atomic E-state index is -3.47. The number of carbonyl (C=O) groups is 1. The summed E-state index contributed by atoms with van der Waals surface area (Å²) in [5.74, 6) is -0.412. The summed E-state index contributed by atoms with van der Waals surface area (Å²) in [5, 5.41) is 4.75. The van der Waals surface area contributed by atoms with Crippen LogP contribution in [0.3, 0.4) is 0 Å². The number of primary sulfonamides is 1. The van der Waals surface area contributed by atoms with Crippen LogP contribution in [0.15, 0.2) is 0 Å². The van der Waals surface area contributed by atoms with Crippen molar-refractivity contribution in [3.63, 3.8) is 0 Å². The lowest BCUT2D eigenvalue weighted by atomic mass is 10.1. The van der Waals surface area contributed by atoms with Gasteiger partial charge >= 0.3 is 0 Å². The summed E-state index contributed by atoms with van der Waals surface area (Å²) in [6.45, 7) is 0.569. The highest BCUT2D eigenvalue weighted by Gasteiger charge is 2.33. The van der Waals surface area contributed by atoms with Gasteiger partial charge in [-0.15, -0.1) is 0 Å². The molecule has 6 nitrogen and oxygen atoms in total. The smallest absolute Gasteiger partial charge is 0.241 e. The fourth-order valence-corrected chi connectivity index (χ4v) is 1.44. The molecule has 0 aromatic rings. The molecule has 1 heterocycles. The maximum absolute atomic E-state index is 10.8. The topological polar surface area (TPSA) is 106 Å². The first kappa shape index (κ1) is 9.43. The summed E-state index contributed by atoms with van der Waals surface area (Å²) in [6, 6.07) is -0.453. The lowest BCUT2D eigenvalue weighted by Gasteiger charge is -2.35. The Balaban J connectivity index is 2.32. The zero-order valence-corrected chi connectivity index (χ0v) is 7.25. The van der Waals surface area contributed by atoms with Gasteiger partial charge in [-0.2, -0.15) is 0 Å². The van der Waals surface area contributed by atoms with Crippen LogP contribution in [0.5, 0.6) is 0 Å². The van der Waals surface area contributed by atoms with Gasteiger partial charge in [0.25, 0.3) is 0 Å². The maximum atomic E-state index is 10.8. The van der Waals surface area contributed by atoms with Crippen LogP contribution < -0.4 is 10.9 Å². The van der Waals surface area contributed by atoms with E-state index in [2.05, 4.69) is 0 Å². The largest absolute Gasteiger partial charge is 0.338 e. The van der Waals surface area contributed by atoms with Crippen LogP contribution in [0, 0.1) is 0 Å². The Morgan fingerprint density at radius 2 is 2.17 bits per heavy atom. The second kappa shape index (κ2) is 3.00. The first-order valence-electron chi connectivity index (χ1n) is 3.45. The van der Waals surface area contributed by atoms with E-state index >= 15 is 0 Å². The van der Waals surface area contributed by atoms with Gasteiger partial charge < -0.3 is 10.6 Å². The molecule has 0 radical (unpaired) electrons. The molecule has 1 amide bonds. The lowest BCUT2D eigenvalue weighted by molar-refractivity contribution is -0.141. The molecular weight excluding hydrogens is 182 g/mol. The molecule has 1 rings (SSSR count). The highest BCUT2D eigenvalue weighted by atomic mass is 32.2. The van der Waals surface area contributed by atoms with Crippen LogP contribution >= 0.6 is 0 Å². The Morgan fingerprint density at radius 3 is 2.50 bits per heavy atom. The lowest BCUT2D eigenvalue weighted by Crippen LogP contribution is -2.61. The Kier molecular flexibility index (Phi) is 2.36. The quantitative estimate of drug-likeness (QED) is 0.481. The predicted molar refractivity (Wildman–Crippen MR) is 42.5 cm³/mol. The average molecular weight is 193 g/mol. The molecule has 1 unspecified atom stereocenters. The Bertz CT molecular complexity index is 286. The molecule has 0 saturated carbocycles. The monoisotopic (exact) mass is 193 g/mol. The van der Waals surface area contributed by atoms with Crippen LogP contribution in [-0.2, 0) is 14.8 Å². The molecule has 7 heteroatoms. The van der Waals surface area contributed by atoms with Gasteiger partial charge in [-0.05, 0) is 0 Å². The van der Waals surface area contributed by atoms with E-state index in [4.69, 9.17) is 10.9 Å². The van der Waals surface area contributed by atoms with Crippen LogP contribution in [0.25, 0.3) is 0 Å². The fourth-order valence-electron chi connectivity index (χ4n) is 0.966. The molecule has 0 bridgehead atoms. The molecule has 1 aliphatic heterocycles. The highest BCUT2D eigenvalue weighted by Crippen LogP contribution is 2.06. The number of amides is 1. The SMILES string of the molecule is NC1CN(CCS(N)(=O)=O)C1=O. The molecule has 1 saturated heterocycles. The Labute approximate surface area is 70.6 Å². The van der Waals surface area contributed by atoms with E-state index in [0.717, 1.165) is 0 Å². The van der Waals surface area contributed by atoms with Crippen molar-refractivity contribution in [2.75, 3.05) is 18.8 Å². The third-order valence-electron chi connectivity index (χ3n) is 1.69. The molecule has 1 aliphatic rings. The summed E-state index contributed by atoms with van der Waals surface area (Å²) in [5.41, 5.74) is 5.28. The number of hydrogen-bond donors (Lipinski definition) is 2. The first-order valence-corrected chi connectivity index (χ1v) is 5.16. The molecule has 1 atom stereocenters. The highest BCUT2D eigenvalue weighted by molar-refractivity contribution is 7.89. The number of β-lactam (4-membered cyclic amide) rings is 1. The van der Waals surface area contributed by atoms with E-state index in [1.54, 1.807) is 0 Å². The zero-order chi connectivity index (χ0) is 9.35. The maximum Gasteiger partial charge on any atom is 0.241 e. The predicted octanol–water partition coefficient (Wildman–Crippen LogP) is -2.56. The summed E-state index contributed by atoms with van der Waals surface area (Å²) >= 11 is 0. The normalized spacial score (nSPS) is 24.0. The summed E-state index contributed by atoms with van der Waals surface area (Å²) in [6.07, 6.45) is 0. The number of likely N-dealkylation sites (tertiary alicyclic amines) is 1. The number of nitrogens with two attached hydrogens (primary N) is 2. The standard InChI is InChI=1S/C5H11N3O3S/c6-4-3-8(5(4)9)1-2-12(7,10)11/h4H,1-3,6H2,(H2,7,10,11). The van der Waals surface area contributed by atoms with Crippen molar-refractivity contribution in [2.24, 2.45) is 10.9 Å². The van der Waals surface area contributed by atoms with E-state index in [1.807, 2.05) is 0 Å². The molecule has 1 fully saturated rings. The van der Waals surface area contributed by atoms with Crippen molar-refractivity contribution in [1.82, 2.24) is 4.90 Å². The Hall–Kier alpha value is -0.660. The molecule has 0 aliphatic carbocycles. The molecule has 70 valence electrons. The minimum Gasteiger partial charge on any atom is -0.338 e. The second-order valence-corrected chi connectivity index (χ2v) is 4.49. The first-order chi connectivity index (χ1) is 5.40. The van der Waals surface area contributed by atoms with Gasteiger partial charge in [-0.1, -0.05) is 0 Å². The molecule has 12 heavy (non-hydrogen) atoms. The molecular formula is C5H11N3O3S. The minimum absolute atomic E-state index is 0.144. The van der Waals surface area contributed by atoms with Crippen LogP contribution in [0.1, 0.15) is 0 Å². The van der Waals surface area contributed by atoms with Crippen molar-refractivity contribution in [3.05, 3.63) is 0 Å². The van der Waals surface area contributed by atoms with Crippen LogP contribution in [0.4, 0.5) is 0 Å². The molecule has 0 spiro atoms. The van der Waals surface area contributed by atoms with Gasteiger partial charge in [0.1, 0.15) is 6.04 Å². The number of nitrogens with zero attached hydrogens (tertiary/aromatic N) is 1. The third kappa shape index (κ3) is 2.16. The Morgan fingerprint density at radius 1 is 1.58 bits per heavy atom. The van der Waals surface area contributed by atoms with Crippen LogP contribution in [0.2, 0.25) is 0 Å². The third-order valence-corrected chi connectivity index (χ3v) is 2.44. The number of carbonyl (C=O) groups excluding carboxylic acids is 1. The van der Waals surface area contributed by atoms with E-state index in [-0.39, 0.29) is 18.2 Å². The van der Waals surface area contributed by atoms with E-state index in [0.29, 0.717) is 6.54 Å². The van der Waals surface area contributed by atoms with Gasteiger partial charge in [0.15, 0.2) is 0 Å².